The normalized spacial score (nSPS) is 13.1. The first-order valence-corrected chi connectivity index (χ1v) is 6.75. The molecule has 0 spiro atoms. The molecule has 0 aliphatic carbocycles. The Hall–Kier alpha value is -1.04. The molecule has 0 radical (unpaired) electrons. The molecule has 0 saturated carbocycles. The second kappa shape index (κ2) is 6.22. The van der Waals surface area contributed by atoms with Gasteiger partial charge < -0.3 is 14.6 Å². The Kier molecular flexibility index (Phi) is 4.63. The Balaban J connectivity index is 2.13. The van der Waals surface area contributed by atoms with E-state index in [4.69, 9.17) is 14.6 Å². The highest BCUT2D eigenvalue weighted by molar-refractivity contribution is 9.10. The molecule has 0 saturated heterocycles. The van der Waals surface area contributed by atoms with Gasteiger partial charge in [0.1, 0.15) is 11.5 Å². The number of rotatable bonds is 6. The number of halogens is 1. The van der Waals surface area contributed by atoms with Crippen molar-refractivity contribution in [3.63, 3.8) is 0 Å². The maximum absolute atomic E-state index is 5.87. The van der Waals surface area contributed by atoms with Gasteiger partial charge in [-0.3, -0.25) is 4.90 Å². The summed E-state index contributed by atoms with van der Waals surface area (Å²) in [5.74, 6) is 1.80. The number of furan rings is 2. The van der Waals surface area contributed by atoms with Gasteiger partial charge in [-0.25, -0.2) is 0 Å². The topological polar surface area (TPSA) is 55.5 Å². The minimum absolute atomic E-state index is 0.0615. The van der Waals surface area contributed by atoms with Crippen LogP contribution < -0.4 is 5.73 Å². The quantitative estimate of drug-likeness (QED) is 0.890. The number of nitrogens with two attached hydrogens (primary N) is 1. The summed E-state index contributed by atoms with van der Waals surface area (Å²) >= 11 is 3.32. The minimum Gasteiger partial charge on any atom is -0.468 e. The average Bonchev–Trinajstić information content (AvgIpc) is 3.01. The monoisotopic (exact) mass is 312 g/mol. The summed E-state index contributed by atoms with van der Waals surface area (Å²) in [5.41, 5.74) is 5.87. The summed E-state index contributed by atoms with van der Waals surface area (Å²) in [6.45, 7) is 4.21. The van der Waals surface area contributed by atoms with E-state index >= 15 is 0 Å². The van der Waals surface area contributed by atoms with E-state index < -0.39 is 0 Å². The van der Waals surface area contributed by atoms with E-state index in [0.717, 1.165) is 29.3 Å². The molecule has 0 amide bonds. The van der Waals surface area contributed by atoms with Crippen LogP contribution in [-0.2, 0) is 6.54 Å². The molecular weight excluding hydrogens is 296 g/mol. The lowest BCUT2D eigenvalue weighted by atomic mass is 10.2. The third kappa shape index (κ3) is 3.04. The first-order chi connectivity index (χ1) is 8.74. The lowest BCUT2D eigenvalue weighted by Gasteiger charge is -2.27. The Bertz CT molecular complexity index is 467. The lowest BCUT2D eigenvalue weighted by molar-refractivity contribution is 0.166. The molecule has 2 aromatic heterocycles. The van der Waals surface area contributed by atoms with E-state index in [2.05, 4.69) is 27.8 Å². The summed E-state index contributed by atoms with van der Waals surface area (Å²) in [7, 11) is 0. The average molecular weight is 313 g/mol. The first kappa shape index (κ1) is 13.4. The van der Waals surface area contributed by atoms with Crippen LogP contribution in [0, 0.1) is 0 Å². The van der Waals surface area contributed by atoms with Gasteiger partial charge in [-0.15, -0.1) is 0 Å². The summed E-state index contributed by atoms with van der Waals surface area (Å²) in [6, 6.07) is 7.76. The maximum Gasteiger partial charge on any atom is 0.169 e. The molecule has 2 rings (SSSR count). The highest BCUT2D eigenvalue weighted by atomic mass is 79.9. The van der Waals surface area contributed by atoms with Gasteiger partial charge >= 0.3 is 0 Å². The fourth-order valence-corrected chi connectivity index (χ4v) is 2.32. The zero-order valence-electron chi connectivity index (χ0n) is 10.3. The molecule has 5 heteroatoms. The highest BCUT2D eigenvalue weighted by Gasteiger charge is 2.21. The van der Waals surface area contributed by atoms with Gasteiger partial charge in [-0.05, 0) is 46.7 Å². The lowest BCUT2D eigenvalue weighted by Crippen LogP contribution is -2.32. The summed E-state index contributed by atoms with van der Waals surface area (Å²) in [5, 5.41) is 0. The SMILES string of the molecule is CCN(Cc1ccco1)C(CN)c1ccc(Br)o1. The second-order valence-electron chi connectivity index (χ2n) is 4.04. The molecule has 2 aromatic rings. The molecule has 4 nitrogen and oxygen atoms in total. The van der Waals surface area contributed by atoms with E-state index in [-0.39, 0.29) is 6.04 Å². The Labute approximate surface area is 115 Å². The van der Waals surface area contributed by atoms with E-state index in [1.807, 2.05) is 24.3 Å². The zero-order valence-corrected chi connectivity index (χ0v) is 11.9. The van der Waals surface area contributed by atoms with Crippen LogP contribution in [-0.4, -0.2) is 18.0 Å². The van der Waals surface area contributed by atoms with Crippen molar-refractivity contribution in [2.45, 2.75) is 19.5 Å². The molecule has 0 aromatic carbocycles. The van der Waals surface area contributed by atoms with Gasteiger partial charge in [0, 0.05) is 6.54 Å². The minimum atomic E-state index is 0.0615. The van der Waals surface area contributed by atoms with Crippen LogP contribution in [0.5, 0.6) is 0 Å². The molecule has 18 heavy (non-hydrogen) atoms. The van der Waals surface area contributed by atoms with Crippen molar-refractivity contribution in [2.24, 2.45) is 5.73 Å². The molecule has 98 valence electrons. The predicted octanol–water partition coefficient (Wildman–Crippen LogP) is 3.16. The molecule has 0 aliphatic rings. The maximum atomic E-state index is 5.87. The summed E-state index contributed by atoms with van der Waals surface area (Å²) < 4.78 is 11.7. The molecule has 2 N–H and O–H groups in total. The van der Waals surface area contributed by atoms with E-state index in [9.17, 15) is 0 Å². The summed E-state index contributed by atoms with van der Waals surface area (Å²) in [4.78, 5) is 2.23. The van der Waals surface area contributed by atoms with E-state index in [1.165, 1.54) is 0 Å². The fraction of sp³-hybridized carbons (Fsp3) is 0.385. The molecule has 0 aliphatic heterocycles. The van der Waals surface area contributed by atoms with Crippen LogP contribution in [0.15, 0.2) is 44.0 Å². The standard InChI is InChI=1S/C13H17BrN2O2/c1-2-16(9-10-4-3-7-17-10)11(8-15)12-5-6-13(14)18-12/h3-7,11H,2,8-9,15H2,1H3. The second-order valence-corrected chi connectivity index (χ2v) is 4.82. The molecule has 1 atom stereocenters. The van der Waals surface area contributed by atoms with Crippen molar-refractivity contribution in [1.82, 2.24) is 4.90 Å². The van der Waals surface area contributed by atoms with Crippen molar-refractivity contribution < 1.29 is 8.83 Å². The molecule has 0 fully saturated rings. The number of hydrogen-bond acceptors (Lipinski definition) is 4. The van der Waals surface area contributed by atoms with Crippen LogP contribution >= 0.6 is 15.9 Å². The third-order valence-corrected chi connectivity index (χ3v) is 3.36. The Morgan fingerprint density at radius 3 is 2.72 bits per heavy atom. The van der Waals surface area contributed by atoms with Crippen molar-refractivity contribution in [3.8, 4) is 0 Å². The third-order valence-electron chi connectivity index (χ3n) is 2.93. The van der Waals surface area contributed by atoms with Crippen molar-refractivity contribution >= 4 is 15.9 Å². The van der Waals surface area contributed by atoms with Gasteiger partial charge in [0.05, 0.1) is 18.8 Å². The highest BCUT2D eigenvalue weighted by Crippen LogP contribution is 2.25. The van der Waals surface area contributed by atoms with Gasteiger partial charge in [0.25, 0.3) is 0 Å². The van der Waals surface area contributed by atoms with Crippen LogP contribution in [0.2, 0.25) is 0 Å². The predicted molar refractivity (Wildman–Crippen MR) is 73.0 cm³/mol. The van der Waals surface area contributed by atoms with E-state index in [1.54, 1.807) is 6.26 Å². The molecule has 0 bridgehead atoms. The number of likely N-dealkylation sites (N-methyl/N-ethyl adjacent to an activating group) is 1. The smallest absolute Gasteiger partial charge is 0.169 e. The van der Waals surface area contributed by atoms with Gasteiger partial charge in [0.2, 0.25) is 0 Å². The Morgan fingerprint density at radius 1 is 1.39 bits per heavy atom. The van der Waals surface area contributed by atoms with Crippen LogP contribution in [0.1, 0.15) is 24.5 Å². The van der Waals surface area contributed by atoms with Crippen molar-refractivity contribution in [1.29, 1.82) is 0 Å². The number of hydrogen-bond donors (Lipinski definition) is 1. The first-order valence-electron chi connectivity index (χ1n) is 5.96. The van der Waals surface area contributed by atoms with Crippen molar-refractivity contribution in [3.05, 3.63) is 46.7 Å². The molecule has 2 heterocycles. The number of nitrogens with zero attached hydrogens (tertiary/aromatic N) is 1. The Morgan fingerprint density at radius 2 is 2.22 bits per heavy atom. The fourth-order valence-electron chi connectivity index (χ4n) is 2.00. The largest absolute Gasteiger partial charge is 0.468 e. The van der Waals surface area contributed by atoms with E-state index in [0.29, 0.717) is 6.54 Å². The summed E-state index contributed by atoms with van der Waals surface area (Å²) in [6.07, 6.45) is 1.68. The van der Waals surface area contributed by atoms with Crippen LogP contribution in [0.4, 0.5) is 0 Å². The molecule has 1 unspecified atom stereocenters. The van der Waals surface area contributed by atoms with Crippen molar-refractivity contribution in [2.75, 3.05) is 13.1 Å². The van der Waals surface area contributed by atoms with Crippen LogP contribution in [0.25, 0.3) is 0 Å². The molecular formula is C13H17BrN2O2. The van der Waals surface area contributed by atoms with Gasteiger partial charge in [-0.1, -0.05) is 6.92 Å². The van der Waals surface area contributed by atoms with Gasteiger partial charge in [-0.2, -0.15) is 0 Å². The van der Waals surface area contributed by atoms with Gasteiger partial charge in [0.15, 0.2) is 4.67 Å². The van der Waals surface area contributed by atoms with Crippen LogP contribution in [0.3, 0.4) is 0 Å². The zero-order chi connectivity index (χ0) is 13.0.